The summed E-state index contributed by atoms with van der Waals surface area (Å²) in [6, 6.07) is 0. The molecular formula is C16H24O9S2. The van der Waals surface area contributed by atoms with Gasteiger partial charge in [-0.15, -0.1) is 11.8 Å². The average Bonchev–Trinajstić information content (AvgIpc) is 2.53. The fraction of sp³-hybridized carbons (Fsp3) is 0.500. The predicted octanol–water partition coefficient (Wildman–Crippen LogP) is 0.863. The standard InChI is InChI=1S/C8H12O5S.C8H12O4S/c1-6(2)8(11)13-3-4-14(12)5-7(9)10;1-6(2)8(11)12-3-4-13-5-7(9)10/h1,3-5H2,2H3,(H,9,10);1,3-5H2,2H3,(H,9,10). The van der Waals surface area contributed by atoms with Crippen LogP contribution in [0.4, 0.5) is 0 Å². The molecule has 0 saturated heterocycles. The van der Waals surface area contributed by atoms with E-state index in [1.165, 1.54) is 18.7 Å². The van der Waals surface area contributed by atoms with Crippen LogP contribution in [0, 0.1) is 0 Å². The minimum absolute atomic E-state index is 0.0324. The Balaban J connectivity index is 0. The Hall–Kier alpha value is -2.14. The van der Waals surface area contributed by atoms with Gasteiger partial charge in [-0.3, -0.25) is 13.8 Å². The highest BCUT2D eigenvalue weighted by Gasteiger charge is 2.08. The third-order valence-corrected chi connectivity index (χ3v) is 4.31. The van der Waals surface area contributed by atoms with Crippen molar-refractivity contribution < 1.29 is 43.1 Å². The number of hydrogen-bond acceptors (Lipinski definition) is 8. The fourth-order valence-corrected chi connectivity index (χ4v) is 2.25. The molecule has 0 fully saturated rings. The third-order valence-electron chi connectivity index (χ3n) is 2.21. The van der Waals surface area contributed by atoms with Crippen LogP contribution >= 0.6 is 11.8 Å². The first kappa shape index (κ1) is 27.1. The van der Waals surface area contributed by atoms with Crippen molar-refractivity contribution in [1.29, 1.82) is 0 Å². The normalized spacial score (nSPS) is 10.6. The molecule has 0 spiro atoms. The molecular weight excluding hydrogens is 400 g/mol. The second-order valence-corrected chi connectivity index (χ2v) is 7.64. The summed E-state index contributed by atoms with van der Waals surface area (Å²) in [6.07, 6.45) is 0. The van der Waals surface area contributed by atoms with Gasteiger partial charge in [-0.1, -0.05) is 13.2 Å². The van der Waals surface area contributed by atoms with Gasteiger partial charge in [-0.2, -0.15) is 0 Å². The molecule has 0 bridgehead atoms. The molecule has 0 saturated carbocycles. The van der Waals surface area contributed by atoms with E-state index in [-0.39, 0.29) is 30.3 Å². The van der Waals surface area contributed by atoms with Crippen molar-refractivity contribution in [3.05, 3.63) is 24.3 Å². The summed E-state index contributed by atoms with van der Waals surface area (Å²) in [7, 11) is -1.49. The first-order valence-electron chi connectivity index (χ1n) is 7.48. The molecule has 0 heterocycles. The Morgan fingerprint density at radius 1 is 0.926 bits per heavy atom. The van der Waals surface area contributed by atoms with Gasteiger partial charge in [0, 0.05) is 27.7 Å². The molecule has 0 aliphatic carbocycles. The van der Waals surface area contributed by atoms with E-state index in [1.54, 1.807) is 6.92 Å². The minimum atomic E-state index is -1.49. The zero-order valence-corrected chi connectivity index (χ0v) is 16.9. The second kappa shape index (κ2) is 16.1. The van der Waals surface area contributed by atoms with Crippen LogP contribution in [0.5, 0.6) is 0 Å². The number of carbonyl (C=O) groups is 4. The number of carboxylic acids is 2. The van der Waals surface area contributed by atoms with Gasteiger partial charge in [-0.25, -0.2) is 9.59 Å². The Labute approximate surface area is 164 Å². The van der Waals surface area contributed by atoms with Crippen molar-refractivity contribution >= 4 is 46.4 Å². The molecule has 0 amide bonds. The lowest BCUT2D eigenvalue weighted by atomic mass is 10.4. The lowest BCUT2D eigenvalue weighted by Gasteiger charge is -2.02. The molecule has 0 radical (unpaired) electrons. The molecule has 0 aromatic carbocycles. The van der Waals surface area contributed by atoms with Crippen LogP contribution in [0.25, 0.3) is 0 Å². The maximum absolute atomic E-state index is 10.9. The molecule has 1 unspecified atom stereocenters. The van der Waals surface area contributed by atoms with Crippen LogP contribution in [-0.4, -0.2) is 74.5 Å². The van der Waals surface area contributed by atoms with Gasteiger partial charge in [0.1, 0.15) is 19.0 Å². The van der Waals surface area contributed by atoms with Gasteiger partial charge in [0.05, 0.1) is 11.5 Å². The van der Waals surface area contributed by atoms with E-state index >= 15 is 0 Å². The van der Waals surface area contributed by atoms with Crippen LogP contribution in [0.1, 0.15) is 13.8 Å². The second-order valence-electron chi connectivity index (χ2n) is 4.96. The monoisotopic (exact) mass is 424 g/mol. The van der Waals surface area contributed by atoms with Crippen molar-refractivity contribution in [2.75, 3.05) is 36.2 Å². The molecule has 11 heteroatoms. The Bertz CT molecular complexity index is 584. The summed E-state index contributed by atoms with van der Waals surface area (Å²) in [6.45, 7) is 10.00. The molecule has 9 nitrogen and oxygen atoms in total. The number of carboxylic acid groups (broad SMARTS) is 2. The first-order valence-corrected chi connectivity index (χ1v) is 10.1. The summed E-state index contributed by atoms with van der Waals surface area (Å²) in [5, 5.41) is 16.5. The molecule has 2 N–H and O–H groups in total. The highest BCUT2D eigenvalue weighted by molar-refractivity contribution is 7.99. The number of rotatable bonds is 12. The minimum Gasteiger partial charge on any atom is -0.481 e. The van der Waals surface area contributed by atoms with Gasteiger partial charge in [-0.05, 0) is 13.8 Å². The average molecular weight is 424 g/mol. The van der Waals surface area contributed by atoms with Crippen molar-refractivity contribution in [3.63, 3.8) is 0 Å². The summed E-state index contributed by atoms with van der Waals surface area (Å²) in [5.74, 6) is -2.86. The summed E-state index contributed by atoms with van der Waals surface area (Å²) in [4.78, 5) is 41.8. The van der Waals surface area contributed by atoms with Crippen LogP contribution in [0.15, 0.2) is 24.3 Å². The molecule has 154 valence electrons. The molecule has 0 aliphatic rings. The molecule has 0 aromatic heterocycles. The molecule has 1 atom stereocenters. The zero-order valence-electron chi connectivity index (χ0n) is 15.2. The van der Waals surface area contributed by atoms with Gasteiger partial charge >= 0.3 is 23.9 Å². The van der Waals surface area contributed by atoms with E-state index in [9.17, 15) is 23.4 Å². The largest absolute Gasteiger partial charge is 0.481 e. The fourth-order valence-electron chi connectivity index (χ4n) is 1.04. The number of aliphatic carboxylic acids is 2. The summed E-state index contributed by atoms with van der Waals surface area (Å²) < 4.78 is 20.3. The van der Waals surface area contributed by atoms with E-state index in [1.807, 2.05) is 0 Å². The summed E-state index contributed by atoms with van der Waals surface area (Å²) in [5.41, 5.74) is 0.609. The topological polar surface area (TPSA) is 144 Å². The summed E-state index contributed by atoms with van der Waals surface area (Å²) >= 11 is 1.21. The molecule has 0 aromatic rings. The highest BCUT2D eigenvalue weighted by Crippen LogP contribution is 2.00. The first-order chi connectivity index (χ1) is 12.5. The lowest BCUT2D eigenvalue weighted by Crippen LogP contribution is -2.17. The van der Waals surface area contributed by atoms with Gasteiger partial charge in [0.2, 0.25) is 0 Å². The van der Waals surface area contributed by atoms with E-state index < -0.39 is 40.4 Å². The van der Waals surface area contributed by atoms with Crippen molar-refractivity contribution in [3.8, 4) is 0 Å². The third kappa shape index (κ3) is 20.0. The van der Waals surface area contributed by atoms with E-state index in [4.69, 9.17) is 14.9 Å². The zero-order chi connectivity index (χ0) is 21.4. The number of esters is 2. The Morgan fingerprint density at radius 3 is 1.81 bits per heavy atom. The van der Waals surface area contributed by atoms with Crippen molar-refractivity contribution in [1.82, 2.24) is 0 Å². The number of carbonyl (C=O) groups excluding carboxylic acids is 2. The van der Waals surface area contributed by atoms with Crippen LogP contribution in [0.3, 0.4) is 0 Å². The lowest BCUT2D eigenvalue weighted by molar-refractivity contribution is -0.139. The van der Waals surface area contributed by atoms with Crippen LogP contribution in [0.2, 0.25) is 0 Å². The number of hydrogen-bond donors (Lipinski definition) is 2. The quantitative estimate of drug-likeness (QED) is 0.263. The molecule has 27 heavy (non-hydrogen) atoms. The predicted molar refractivity (Wildman–Crippen MR) is 102 cm³/mol. The van der Waals surface area contributed by atoms with E-state index in [2.05, 4.69) is 17.9 Å². The van der Waals surface area contributed by atoms with Crippen LogP contribution < -0.4 is 0 Å². The number of thioether (sulfide) groups is 1. The van der Waals surface area contributed by atoms with Gasteiger partial charge in [0.25, 0.3) is 0 Å². The van der Waals surface area contributed by atoms with Gasteiger partial charge in [0.15, 0.2) is 0 Å². The SMILES string of the molecule is C=C(C)C(=O)OCCS(=O)CC(=O)O.C=C(C)C(=O)OCCSCC(=O)O. The van der Waals surface area contributed by atoms with E-state index in [0.29, 0.717) is 11.3 Å². The Morgan fingerprint density at radius 2 is 1.41 bits per heavy atom. The molecule has 0 aliphatic heterocycles. The molecule has 0 rings (SSSR count). The van der Waals surface area contributed by atoms with Crippen molar-refractivity contribution in [2.45, 2.75) is 13.8 Å². The maximum atomic E-state index is 10.9. The smallest absolute Gasteiger partial charge is 0.333 e. The highest BCUT2D eigenvalue weighted by atomic mass is 32.2. The number of ether oxygens (including phenoxy) is 2. The van der Waals surface area contributed by atoms with Gasteiger partial charge < -0.3 is 19.7 Å². The Kier molecular flexibility index (Phi) is 16.1. The maximum Gasteiger partial charge on any atom is 0.333 e. The van der Waals surface area contributed by atoms with E-state index in [0.717, 1.165) is 0 Å². The van der Waals surface area contributed by atoms with Crippen LogP contribution in [-0.2, 0) is 39.5 Å². The van der Waals surface area contributed by atoms with Crippen molar-refractivity contribution in [2.24, 2.45) is 0 Å².